The standard InChI is InChI=1S/C19H26N4O3S2/c1-11(2)8-22-16(24)15-12(3)14(10-21-6-5-20-18(21)27)28-17(15)23(19(22)25)9-13-4-7-26-13/h11,13H,4-10H2,1-3H3,(H,20,27). The molecule has 2 saturated heterocycles. The summed E-state index contributed by atoms with van der Waals surface area (Å²) in [6.07, 6.45) is 0.995. The van der Waals surface area contributed by atoms with Crippen LogP contribution >= 0.6 is 23.6 Å². The molecular weight excluding hydrogens is 396 g/mol. The highest BCUT2D eigenvalue weighted by Gasteiger charge is 2.26. The van der Waals surface area contributed by atoms with Gasteiger partial charge in [-0.2, -0.15) is 0 Å². The number of rotatable bonds is 6. The largest absolute Gasteiger partial charge is 0.376 e. The summed E-state index contributed by atoms with van der Waals surface area (Å²) < 4.78 is 8.73. The van der Waals surface area contributed by atoms with Gasteiger partial charge in [-0.15, -0.1) is 11.3 Å². The van der Waals surface area contributed by atoms with Crippen molar-refractivity contribution < 1.29 is 4.74 Å². The molecule has 4 rings (SSSR count). The van der Waals surface area contributed by atoms with Gasteiger partial charge in [0, 0.05) is 31.1 Å². The van der Waals surface area contributed by atoms with Gasteiger partial charge < -0.3 is 15.0 Å². The lowest BCUT2D eigenvalue weighted by molar-refractivity contribution is -0.0593. The van der Waals surface area contributed by atoms with Crippen LogP contribution in [0.15, 0.2) is 9.59 Å². The Balaban J connectivity index is 1.86. The first kappa shape index (κ1) is 19.6. The molecule has 1 atom stereocenters. The van der Waals surface area contributed by atoms with Crippen LogP contribution in [0.1, 0.15) is 30.7 Å². The van der Waals surface area contributed by atoms with Crippen LogP contribution in [0.5, 0.6) is 0 Å². The lowest BCUT2D eigenvalue weighted by atomic mass is 10.1. The van der Waals surface area contributed by atoms with Gasteiger partial charge in [-0.3, -0.25) is 13.9 Å². The van der Waals surface area contributed by atoms with Gasteiger partial charge >= 0.3 is 5.69 Å². The summed E-state index contributed by atoms with van der Waals surface area (Å²) in [5.74, 6) is 0.211. The summed E-state index contributed by atoms with van der Waals surface area (Å²) in [6.45, 7) is 10.0. The molecule has 2 aromatic rings. The van der Waals surface area contributed by atoms with Crippen LogP contribution in [0, 0.1) is 12.8 Å². The Morgan fingerprint density at radius 3 is 2.64 bits per heavy atom. The summed E-state index contributed by atoms with van der Waals surface area (Å²) in [7, 11) is 0. The predicted molar refractivity (Wildman–Crippen MR) is 115 cm³/mol. The third-order valence-electron chi connectivity index (χ3n) is 5.40. The Bertz CT molecular complexity index is 1030. The second kappa shape index (κ2) is 7.61. The topological polar surface area (TPSA) is 68.5 Å². The second-order valence-electron chi connectivity index (χ2n) is 7.97. The number of thiophene rings is 1. The Morgan fingerprint density at radius 1 is 1.32 bits per heavy atom. The van der Waals surface area contributed by atoms with Crippen molar-refractivity contribution in [2.45, 2.75) is 52.9 Å². The van der Waals surface area contributed by atoms with Gasteiger partial charge in [-0.1, -0.05) is 13.8 Å². The number of hydrogen-bond donors (Lipinski definition) is 1. The summed E-state index contributed by atoms with van der Waals surface area (Å²) in [5.41, 5.74) is 0.551. The summed E-state index contributed by atoms with van der Waals surface area (Å²) in [6, 6.07) is 0. The highest BCUT2D eigenvalue weighted by molar-refractivity contribution is 7.80. The monoisotopic (exact) mass is 422 g/mol. The van der Waals surface area contributed by atoms with Crippen LogP contribution in [0.25, 0.3) is 10.2 Å². The molecule has 0 saturated carbocycles. The van der Waals surface area contributed by atoms with Gasteiger partial charge in [0.25, 0.3) is 5.56 Å². The number of hydrogen-bond acceptors (Lipinski definition) is 5. The fourth-order valence-electron chi connectivity index (χ4n) is 3.75. The van der Waals surface area contributed by atoms with Crippen molar-refractivity contribution in [2.24, 2.45) is 5.92 Å². The molecule has 7 nitrogen and oxygen atoms in total. The van der Waals surface area contributed by atoms with Gasteiger partial charge in [0.2, 0.25) is 0 Å². The van der Waals surface area contributed by atoms with Gasteiger partial charge in [-0.05, 0) is 37.0 Å². The Hall–Kier alpha value is -1.71. The summed E-state index contributed by atoms with van der Waals surface area (Å²) in [4.78, 5) is 30.3. The first-order valence-corrected chi connectivity index (χ1v) is 11.0. The van der Waals surface area contributed by atoms with Crippen LogP contribution in [0.3, 0.4) is 0 Å². The van der Waals surface area contributed by atoms with E-state index in [2.05, 4.69) is 10.2 Å². The Labute approximate surface area is 172 Å². The minimum Gasteiger partial charge on any atom is -0.376 e. The van der Waals surface area contributed by atoms with E-state index in [0.29, 0.717) is 25.0 Å². The first-order chi connectivity index (χ1) is 13.4. The highest BCUT2D eigenvalue weighted by atomic mass is 32.1. The van der Waals surface area contributed by atoms with Crippen molar-refractivity contribution in [2.75, 3.05) is 19.7 Å². The van der Waals surface area contributed by atoms with E-state index < -0.39 is 0 Å². The van der Waals surface area contributed by atoms with Gasteiger partial charge in [-0.25, -0.2) is 4.79 Å². The molecule has 0 radical (unpaired) electrons. The zero-order chi connectivity index (χ0) is 20.0. The average molecular weight is 423 g/mol. The van der Waals surface area contributed by atoms with E-state index >= 15 is 0 Å². The zero-order valence-corrected chi connectivity index (χ0v) is 18.1. The normalized spacial score (nSPS) is 19.5. The molecule has 152 valence electrons. The molecule has 1 N–H and O–H groups in total. The number of ether oxygens (including phenoxy) is 1. The van der Waals surface area contributed by atoms with Crippen molar-refractivity contribution >= 4 is 38.9 Å². The quantitative estimate of drug-likeness (QED) is 0.715. The second-order valence-corrected chi connectivity index (χ2v) is 9.44. The summed E-state index contributed by atoms with van der Waals surface area (Å²) in [5, 5.41) is 4.58. The lowest BCUT2D eigenvalue weighted by Crippen LogP contribution is -2.44. The highest BCUT2D eigenvalue weighted by Crippen LogP contribution is 2.30. The molecule has 0 amide bonds. The van der Waals surface area contributed by atoms with Gasteiger partial charge in [0.05, 0.1) is 24.6 Å². The van der Waals surface area contributed by atoms with E-state index in [4.69, 9.17) is 17.0 Å². The van der Waals surface area contributed by atoms with E-state index in [1.165, 1.54) is 15.9 Å². The first-order valence-electron chi connectivity index (χ1n) is 9.76. The third-order valence-corrected chi connectivity index (χ3v) is 7.10. The molecule has 1 unspecified atom stereocenters. The minimum absolute atomic E-state index is 0.0483. The molecule has 28 heavy (non-hydrogen) atoms. The molecule has 2 aromatic heterocycles. The molecule has 4 heterocycles. The maximum Gasteiger partial charge on any atom is 0.332 e. The lowest BCUT2D eigenvalue weighted by Gasteiger charge is -2.27. The number of fused-ring (bicyclic) bond motifs is 1. The van der Waals surface area contributed by atoms with Crippen LogP contribution in [-0.2, 0) is 24.4 Å². The van der Waals surface area contributed by atoms with Crippen molar-refractivity contribution in [1.29, 1.82) is 0 Å². The van der Waals surface area contributed by atoms with E-state index in [1.54, 1.807) is 4.57 Å². The fraction of sp³-hybridized carbons (Fsp3) is 0.632. The molecule has 0 aliphatic carbocycles. The Morgan fingerprint density at radius 2 is 2.07 bits per heavy atom. The molecule has 2 aliphatic rings. The van der Waals surface area contributed by atoms with Crippen molar-refractivity contribution in [3.63, 3.8) is 0 Å². The number of nitrogens with zero attached hydrogens (tertiary/aromatic N) is 3. The molecule has 0 spiro atoms. The van der Waals surface area contributed by atoms with Crippen molar-refractivity contribution in [3.8, 4) is 0 Å². The molecule has 2 aliphatic heterocycles. The number of aromatic nitrogens is 2. The zero-order valence-electron chi connectivity index (χ0n) is 16.5. The van der Waals surface area contributed by atoms with Gasteiger partial charge in [0.1, 0.15) is 4.83 Å². The molecular formula is C19H26N4O3S2. The maximum absolute atomic E-state index is 13.2. The molecule has 0 aromatic carbocycles. The molecule has 9 heteroatoms. The predicted octanol–water partition coefficient (Wildman–Crippen LogP) is 1.67. The van der Waals surface area contributed by atoms with Crippen LogP contribution in [0.4, 0.5) is 0 Å². The average Bonchev–Trinajstić information content (AvgIpc) is 3.14. The van der Waals surface area contributed by atoms with Crippen LogP contribution in [0.2, 0.25) is 0 Å². The van der Waals surface area contributed by atoms with Crippen LogP contribution in [-0.4, -0.2) is 44.9 Å². The number of aryl methyl sites for hydroxylation is 1. The van der Waals surface area contributed by atoms with E-state index in [1.807, 2.05) is 20.8 Å². The van der Waals surface area contributed by atoms with Crippen molar-refractivity contribution in [3.05, 3.63) is 31.3 Å². The van der Waals surface area contributed by atoms with E-state index in [9.17, 15) is 9.59 Å². The van der Waals surface area contributed by atoms with Gasteiger partial charge in [0.15, 0.2) is 5.11 Å². The number of thiocarbonyl (C=S) groups is 1. The summed E-state index contributed by atoms with van der Waals surface area (Å²) >= 11 is 6.90. The van der Waals surface area contributed by atoms with E-state index in [0.717, 1.165) is 46.5 Å². The molecule has 2 fully saturated rings. The van der Waals surface area contributed by atoms with Crippen LogP contribution < -0.4 is 16.6 Å². The minimum atomic E-state index is -0.229. The van der Waals surface area contributed by atoms with E-state index in [-0.39, 0.29) is 23.3 Å². The SMILES string of the molecule is Cc1c(CN2CCNC2=S)sc2c1c(=O)n(CC(C)C)c(=O)n2CC1CCO1. The molecule has 0 bridgehead atoms. The fourth-order valence-corrected chi connectivity index (χ4v) is 5.32. The number of nitrogens with one attached hydrogen (secondary N) is 1. The third kappa shape index (κ3) is 3.40. The Kier molecular flexibility index (Phi) is 5.32. The van der Waals surface area contributed by atoms with Crippen molar-refractivity contribution in [1.82, 2.24) is 19.4 Å². The smallest absolute Gasteiger partial charge is 0.332 e. The maximum atomic E-state index is 13.2.